The lowest BCUT2D eigenvalue weighted by Gasteiger charge is -2.34. The molecule has 1 atom stereocenters. The fraction of sp³-hybridized carbons (Fsp3) is 1.00. The summed E-state index contributed by atoms with van der Waals surface area (Å²) in [6, 6.07) is 0.875. The van der Waals surface area contributed by atoms with E-state index in [1.807, 2.05) is 0 Å². The van der Waals surface area contributed by atoms with E-state index in [9.17, 15) is 0 Å². The van der Waals surface area contributed by atoms with Gasteiger partial charge in [0.25, 0.3) is 0 Å². The zero-order chi connectivity index (χ0) is 19.5. The molecule has 0 N–H and O–H groups in total. The minimum Gasteiger partial charge on any atom is -0.328 e. The molecule has 1 unspecified atom stereocenters. The van der Waals surface area contributed by atoms with Gasteiger partial charge in [0, 0.05) is 0 Å². The molecule has 1 nitrogen and oxygen atoms in total. The van der Waals surface area contributed by atoms with Crippen molar-refractivity contribution in [1.82, 2.24) is 0 Å². The van der Waals surface area contributed by atoms with Crippen LogP contribution in [-0.2, 0) is 0 Å². The van der Waals surface area contributed by atoms with Crippen LogP contribution in [0.25, 0.3) is 0 Å². The molecule has 0 saturated carbocycles. The fourth-order valence-electron chi connectivity index (χ4n) is 4.12. The van der Waals surface area contributed by atoms with Crippen molar-refractivity contribution in [3.8, 4) is 0 Å². The summed E-state index contributed by atoms with van der Waals surface area (Å²) in [5.74, 6) is 0. The minimum atomic E-state index is 0.875. The van der Waals surface area contributed by atoms with E-state index in [4.69, 9.17) is 0 Å². The number of rotatable bonds is 20. The molecule has 0 spiro atoms. The average Bonchev–Trinajstić information content (AvgIpc) is 2.59. The van der Waals surface area contributed by atoms with Crippen molar-refractivity contribution in [2.75, 3.05) is 21.1 Å². The maximum absolute atomic E-state index is 2.40. The Hall–Kier alpha value is -0.0400. The molecule has 0 rings (SSSR count). The average molecular weight is 369 g/mol. The van der Waals surface area contributed by atoms with Gasteiger partial charge in [-0.2, -0.15) is 0 Å². The lowest BCUT2D eigenvalue weighted by molar-refractivity contribution is -0.896. The van der Waals surface area contributed by atoms with Gasteiger partial charge in [-0.3, -0.25) is 0 Å². The second-order valence-electron chi connectivity index (χ2n) is 9.65. The van der Waals surface area contributed by atoms with Crippen LogP contribution in [0.2, 0.25) is 0 Å². The van der Waals surface area contributed by atoms with Gasteiger partial charge in [0.1, 0.15) is 0 Å². The molecule has 1 heteroatoms. The van der Waals surface area contributed by atoms with Crippen molar-refractivity contribution < 1.29 is 4.48 Å². The van der Waals surface area contributed by atoms with E-state index in [2.05, 4.69) is 35.0 Å². The molecule has 26 heavy (non-hydrogen) atoms. The SMILES string of the molecule is CCCCCCCCCCCCC(CCCCCCCCC)[N+](C)(C)C. The standard InChI is InChI=1S/C25H54N/c1-6-8-10-12-14-15-16-18-20-22-24-25(26(3,4)5)23-21-19-17-13-11-9-7-2/h25H,6-24H2,1-5H3/q+1. The highest BCUT2D eigenvalue weighted by atomic mass is 15.3. The van der Waals surface area contributed by atoms with Crippen LogP contribution in [0.3, 0.4) is 0 Å². The van der Waals surface area contributed by atoms with E-state index in [0.29, 0.717) is 0 Å². The minimum absolute atomic E-state index is 0.875. The molecule has 0 aliphatic rings. The summed E-state index contributed by atoms with van der Waals surface area (Å²) in [6.45, 7) is 4.61. The Kier molecular flexibility index (Phi) is 18.3. The smallest absolute Gasteiger partial charge is 0.0884 e. The monoisotopic (exact) mass is 368 g/mol. The Labute approximate surface area is 167 Å². The molecule has 0 aromatic rings. The Bertz CT molecular complexity index is 266. The highest BCUT2D eigenvalue weighted by Gasteiger charge is 2.22. The van der Waals surface area contributed by atoms with Crippen molar-refractivity contribution in [1.29, 1.82) is 0 Å². The van der Waals surface area contributed by atoms with E-state index < -0.39 is 0 Å². The van der Waals surface area contributed by atoms with E-state index in [0.717, 1.165) is 10.5 Å². The van der Waals surface area contributed by atoms with E-state index in [1.165, 1.54) is 122 Å². The van der Waals surface area contributed by atoms with Crippen LogP contribution in [0.4, 0.5) is 0 Å². The Balaban J connectivity index is 3.63. The van der Waals surface area contributed by atoms with Gasteiger partial charge in [0.2, 0.25) is 0 Å². The Morgan fingerprint density at radius 2 is 0.692 bits per heavy atom. The van der Waals surface area contributed by atoms with E-state index in [-0.39, 0.29) is 0 Å². The van der Waals surface area contributed by atoms with Crippen molar-refractivity contribution in [2.24, 2.45) is 0 Å². The second-order valence-corrected chi connectivity index (χ2v) is 9.65. The number of hydrogen-bond acceptors (Lipinski definition) is 0. The van der Waals surface area contributed by atoms with Crippen molar-refractivity contribution in [2.45, 2.75) is 142 Å². The zero-order valence-electron chi connectivity index (χ0n) is 19.5. The fourth-order valence-corrected chi connectivity index (χ4v) is 4.12. The maximum atomic E-state index is 2.40. The van der Waals surface area contributed by atoms with Gasteiger partial charge in [-0.1, -0.05) is 110 Å². The molecule has 0 saturated heterocycles. The molecule has 0 bridgehead atoms. The molecule has 0 aliphatic carbocycles. The predicted octanol–water partition coefficient (Wildman–Crippen LogP) is 8.51. The van der Waals surface area contributed by atoms with Crippen molar-refractivity contribution in [3.05, 3.63) is 0 Å². The van der Waals surface area contributed by atoms with Crippen LogP contribution in [0, 0.1) is 0 Å². The summed E-state index contributed by atoms with van der Waals surface area (Å²) in [5.41, 5.74) is 0. The van der Waals surface area contributed by atoms with E-state index >= 15 is 0 Å². The third-order valence-electron chi connectivity index (χ3n) is 6.13. The normalized spacial score (nSPS) is 13.3. The van der Waals surface area contributed by atoms with E-state index in [1.54, 1.807) is 0 Å². The van der Waals surface area contributed by atoms with Gasteiger partial charge in [0.15, 0.2) is 0 Å². The van der Waals surface area contributed by atoms with Crippen LogP contribution < -0.4 is 0 Å². The molecule has 0 aromatic carbocycles. The van der Waals surface area contributed by atoms with Gasteiger partial charge < -0.3 is 4.48 Å². The van der Waals surface area contributed by atoms with Crippen LogP contribution in [-0.4, -0.2) is 31.7 Å². The Morgan fingerprint density at radius 1 is 0.423 bits per heavy atom. The Morgan fingerprint density at radius 3 is 0.962 bits per heavy atom. The number of quaternary nitrogens is 1. The largest absolute Gasteiger partial charge is 0.328 e. The van der Waals surface area contributed by atoms with Crippen LogP contribution in [0.1, 0.15) is 136 Å². The number of nitrogens with zero attached hydrogens (tertiary/aromatic N) is 1. The van der Waals surface area contributed by atoms with Gasteiger partial charge >= 0.3 is 0 Å². The van der Waals surface area contributed by atoms with Gasteiger partial charge in [0.05, 0.1) is 27.2 Å². The summed E-state index contributed by atoms with van der Waals surface area (Å²) < 4.78 is 1.16. The maximum Gasteiger partial charge on any atom is 0.0884 e. The lowest BCUT2D eigenvalue weighted by atomic mass is 9.98. The predicted molar refractivity (Wildman–Crippen MR) is 121 cm³/mol. The summed E-state index contributed by atoms with van der Waals surface area (Å²) >= 11 is 0. The molecule has 0 heterocycles. The van der Waals surface area contributed by atoms with Crippen LogP contribution >= 0.6 is 0 Å². The lowest BCUT2D eigenvalue weighted by Crippen LogP contribution is -2.45. The highest BCUT2D eigenvalue weighted by molar-refractivity contribution is 4.60. The number of hydrogen-bond donors (Lipinski definition) is 0. The summed E-state index contributed by atoms with van der Waals surface area (Å²) in [4.78, 5) is 0. The topological polar surface area (TPSA) is 0 Å². The summed E-state index contributed by atoms with van der Waals surface area (Å²) in [5, 5.41) is 0. The zero-order valence-corrected chi connectivity index (χ0v) is 19.5. The molecule has 0 amide bonds. The second kappa shape index (κ2) is 18.3. The molecule has 0 aliphatic heterocycles. The molecule has 0 aromatic heterocycles. The molecule has 0 radical (unpaired) electrons. The third kappa shape index (κ3) is 17.4. The summed E-state index contributed by atoms with van der Waals surface area (Å²) in [7, 11) is 7.21. The summed E-state index contributed by atoms with van der Waals surface area (Å²) in [6.07, 6.45) is 27.5. The number of unbranched alkanes of at least 4 members (excludes halogenated alkanes) is 15. The van der Waals surface area contributed by atoms with Gasteiger partial charge in [-0.05, 0) is 25.7 Å². The first-order chi connectivity index (χ1) is 12.5. The van der Waals surface area contributed by atoms with Crippen molar-refractivity contribution >= 4 is 0 Å². The first-order valence-electron chi connectivity index (χ1n) is 12.3. The molecular formula is C25H54N+. The first-order valence-corrected chi connectivity index (χ1v) is 12.3. The van der Waals surface area contributed by atoms with Crippen molar-refractivity contribution in [3.63, 3.8) is 0 Å². The molecular weight excluding hydrogens is 314 g/mol. The quantitative estimate of drug-likeness (QED) is 0.149. The first kappa shape index (κ1) is 26.0. The molecule has 0 fully saturated rings. The van der Waals surface area contributed by atoms with Crippen LogP contribution in [0.15, 0.2) is 0 Å². The molecule has 158 valence electrons. The highest BCUT2D eigenvalue weighted by Crippen LogP contribution is 2.20. The van der Waals surface area contributed by atoms with Crippen LogP contribution in [0.5, 0.6) is 0 Å². The van der Waals surface area contributed by atoms with Gasteiger partial charge in [-0.25, -0.2) is 0 Å². The van der Waals surface area contributed by atoms with Gasteiger partial charge in [-0.15, -0.1) is 0 Å². The third-order valence-corrected chi connectivity index (χ3v) is 6.13.